The number of amides is 4. The molecule has 16 heteroatoms. The van der Waals surface area contributed by atoms with Crippen molar-refractivity contribution in [3.63, 3.8) is 0 Å². The third-order valence-corrected chi connectivity index (χ3v) is 13.4. The van der Waals surface area contributed by atoms with E-state index < -0.39 is 47.2 Å². The molecule has 3 aliphatic heterocycles. The topological polar surface area (TPSA) is 173 Å². The lowest BCUT2D eigenvalue weighted by molar-refractivity contribution is -0.155. The monoisotopic (exact) mass is 892 g/mol. The lowest BCUT2D eigenvalue weighted by Crippen LogP contribution is -2.62. The number of pyridine rings is 1. The summed E-state index contributed by atoms with van der Waals surface area (Å²) < 4.78 is 16.2. The Morgan fingerprint density at radius 2 is 1.89 bits per heavy atom. The van der Waals surface area contributed by atoms with Gasteiger partial charge in [0.05, 0.1) is 41.9 Å². The van der Waals surface area contributed by atoms with Crippen LogP contribution in [0.3, 0.4) is 0 Å². The number of nitrogens with one attached hydrogen (secondary N) is 2. The molecule has 3 aliphatic rings. The second-order valence-corrected chi connectivity index (χ2v) is 18.9. The highest BCUT2D eigenvalue weighted by molar-refractivity contribution is 5.96. The standard InChI is InChI=1S/C49H65N9O7/c1-11-41(59)56-22-19-32(27-56)46(61)55(9)43(29(3)4)45(60)52-37-24-40-51-26-39(54(40)8)31-17-18-38-34(23-31)35(44(57(38)12-2)33-15-13-20-50-42(33)30(5)64-10)25-49(6,7)28-65-48(63)36-16-14-21-58(53-36)47(37)62/h11,13,15,17-18,20,23,26,29-30,32,36-37,43,53H,1,12,14,16,19,21-22,24-25,27-28H2,2-10H3,(H,52,60)/t30-,32-,36-,37-,43?/m0/s1. The molecule has 0 saturated carbocycles. The van der Waals surface area contributed by atoms with Crippen LogP contribution in [-0.4, -0.2) is 122 Å². The van der Waals surface area contributed by atoms with E-state index in [1.807, 2.05) is 38.5 Å². The van der Waals surface area contributed by atoms with Gasteiger partial charge in [-0.2, -0.15) is 0 Å². The smallest absolute Gasteiger partial charge is 0.324 e. The zero-order valence-corrected chi connectivity index (χ0v) is 39.3. The zero-order valence-electron chi connectivity index (χ0n) is 39.3. The second kappa shape index (κ2) is 19.3. The first kappa shape index (κ1) is 47.1. The van der Waals surface area contributed by atoms with Crippen LogP contribution in [0, 0.1) is 17.3 Å². The number of ether oxygens (including phenoxy) is 2. The molecule has 2 fully saturated rings. The van der Waals surface area contributed by atoms with Crippen molar-refractivity contribution in [2.45, 2.75) is 104 Å². The van der Waals surface area contributed by atoms with Gasteiger partial charge in [-0.15, -0.1) is 0 Å². The van der Waals surface area contributed by atoms with E-state index in [-0.39, 0.29) is 43.4 Å². The second-order valence-electron chi connectivity index (χ2n) is 18.9. The minimum atomic E-state index is -1.12. The number of hydrazine groups is 1. The molecule has 5 atom stereocenters. The molecule has 0 radical (unpaired) electrons. The normalized spacial score (nSPS) is 21.2. The Hall–Kier alpha value is -5.87. The number of hydrogen-bond acceptors (Lipinski definition) is 10. The maximum absolute atomic E-state index is 14.7. The Labute approximate surface area is 381 Å². The summed E-state index contributed by atoms with van der Waals surface area (Å²) in [5, 5.41) is 5.48. The van der Waals surface area contributed by atoms with E-state index >= 15 is 0 Å². The van der Waals surface area contributed by atoms with Crippen LogP contribution in [-0.2, 0) is 59.9 Å². The summed E-state index contributed by atoms with van der Waals surface area (Å²) >= 11 is 0. The first-order valence-corrected chi connectivity index (χ1v) is 22.8. The first-order valence-electron chi connectivity index (χ1n) is 22.8. The highest BCUT2D eigenvalue weighted by Crippen LogP contribution is 2.42. The fourth-order valence-corrected chi connectivity index (χ4v) is 9.84. The molecule has 1 aromatic carbocycles. The van der Waals surface area contributed by atoms with Crippen molar-refractivity contribution >= 4 is 40.5 Å². The van der Waals surface area contributed by atoms with Crippen LogP contribution in [0.25, 0.3) is 33.4 Å². The van der Waals surface area contributed by atoms with Crippen molar-refractivity contribution < 1.29 is 33.4 Å². The summed E-state index contributed by atoms with van der Waals surface area (Å²) in [5.41, 5.74) is 9.33. The molecule has 4 aromatic rings. The SMILES string of the molecule is C=CC(=O)N1CC[C@H](C(=O)N(C)C(C(=O)N[C@H]2Cc3ncc(n3C)-c3ccc4c(c3)c(c(-c3cccnc3[C@H](C)OC)n4CC)CC(C)(C)COC(=O)[C@@H]3CCCN(N3)C2=O)C(C)C)C1. The van der Waals surface area contributed by atoms with E-state index in [4.69, 9.17) is 19.4 Å². The molecule has 3 aromatic heterocycles. The predicted molar refractivity (Wildman–Crippen MR) is 247 cm³/mol. The average Bonchev–Trinajstić information content (AvgIpc) is 4.02. The number of aromatic nitrogens is 4. The van der Waals surface area contributed by atoms with E-state index in [2.05, 4.69) is 66.9 Å². The number of carbonyl (C=O) groups excluding carboxylic acids is 5. The first-order chi connectivity index (χ1) is 31.0. The molecule has 7 rings (SSSR count). The maximum Gasteiger partial charge on any atom is 0.324 e. The molecule has 16 nitrogen and oxygen atoms in total. The molecule has 4 amide bonds. The van der Waals surface area contributed by atoms with E-state index in [0.29, 0.717) is 51.1 Å². The predicted octanol–water partition coefficient (Wildman–Crippen LogP) is 5.00. The van der Waals surface area contributed by atoms with Crippen LogP contribution in [0.1, 0.15) is 84.0 Å². The maximum atomic E-state index is 14.7. The Kier molecular flexibility index (Phi) is 14.0. The van der Waals surface area contributed by atoms with Crippen LogP contribution in [0.5, 0.6) is 0 Å². The molecule has 1 unspecified atom stereocenters. The van der Waals surface area contributed by atoms with Crippen molar-refractivity contribution in [2.75, 3.05) is 40.4 Å². The number of imidazole rings is 1. The van der Waals surface area contributed by atoms with Gasteiger partial charge in [0.2, 0.25) is 17.7 Å². The summed E-state index contributed by atoms with van der Waals surface area (Å²) in [6.45, 7) is 17.4. The summed E-state index contributed by atoms with van der Waals surface area (Å²) in [6.07, 6.45) is 6.61. The Balaban J connectivity index is 1.29. The van der Waals surface area contributed by atoms with E-state index in [1.165, 1.54) is 16.0 Å². The van der Waals surface area contributed by atoms with E-state index in [9.17, 15) is 24.0 Å². The molecule has 0 spiro atoms. The van der Waals surface area contributed by atoms with Crippen molar-refractivity contribution in [3.05, 3.63) is 72.5 Å². The number of likely N-dealkylation sites (N-methyl/N-ethyl adjacent to an activating group) is 1. The number of hydrogen-bond donors (Lipinski definition) is 2. The van der Waals surface area contributed by atoms with Gasteiger partial charge in [-0.3, -0.25) is 34.0 Å². The molecule has 2 N–H and O–H groups in total. The Bertz CT molecular complexity index is 2470. The largest absolute Gasteiger partial charge is 0.464 e. The highest BCUT2D eigenvalue weighted by atomic mass is 16.5. The van der Waals surface area contributed by atoms with E-state index in [0.717, 1.165) is 44.7 Å². The van der Waals surface area contributed by atoms with Crippen molar-refractivity contribution in [2.24, 2.45) is 24.3 Å². The third-order valence-electron chi connectivity index (χ3n) is 13.4. The molecule has 6 bridgehead atoms. The number of rotatable bonds is 10. The molecule has 2 saturated heterocycles. The van der Waals surface area contributed by atoms with Gasteiger partial charge in [-0.05, 0) is 81.4 Å². The molecular weight excluding hydrogens is 827 g/mol. The number of likely N-dealkylation sites (tertiary alicyclic amines) is 1. The van der Waals surface area contributed by atoms with Crippen molar-refractivity contribution in [1.82, 2.24) is 44.7 Å². The fraction of sp³-hybridized carbons (Fsp3) is 0.531. The Morgan fingerprint density at radius 3 is 2.60 bits per heavy atom. The number of nitrogens with zero attached hydrogens (tertiary/aromatic N) is 7. The van der Waals surface area contributed by atoms with Crippen LogP contribution >= 0.6 is 0 Å². The zero-order chi connectivity index (χ0) is 46.9. The van der Waals surface area contributed by atoms with Crippen molar-refractivity contribution in [3.8, 4) is 22.5 Å². The fourth-order valence-electron chi connectivity index (χ4n) is 9.84. The van der Waals surface area contributed by atoms with Crippen LogP contribution in [0.4, 0.5) is 0 Å². The minimum Gasteiger partial charge on any atom is -0.464 e. The van der Waals surface area contributed by atoms with Crippen molar-refractivity contribution in [1.29, 1.82) is 0 Å². The van der Waals surface area contributed by atoms with Gasteiger partial charge in [0.15, 0.2) is 0 Å². The molecular formula is C49H65N9O7. The highest BCUT2D eigenvalue weighted by Gasteiger charge is 2.40. The van der Waals surface area contributed by atoms with Crippen LogP contribution < -0.4 is 10.7 Å². The number of benzene rings is 1. The number of esters is 1. The minimum absolute atomic E-state index is 0.0254. The summed E-state index contributed by atoms with van der Waals surface area (Å²) in [4.78, 5) is 82.0. The Morgan fingerprint density at radius 1 is 1.12 bits per heavy atom. The van der Waals surface area contributed by atoms with Gasteiger partial charge >= 0.3 is 5.97 Å². The van der Waals surface area contributed by atoms with Gasteiger partial charge in [-0.1, -0.05) is 40.3 Å². The summed E-state index contributed by atoms with van der Waals surface area (Å²) in [6, 6.07) is 7.60. The number of aryl methyl sites for hydroxylation is 1. The number of carbonyl (C=O) groups is 5. The van der Waals surface area contributed by atoms with Gasteiger partial charge in [0.25, 0.3) is 5.91 Å². The summed E-state index contributed by atoms with van der Waals surface area (Å²) in [5.74, 6) is -2.14. The molecule has 6 heterocycles. The lowest BCUT2D eigenvalue weighted by atomic mass is 9.84. The van der Waals surface area contributed by atoms with Gasteiger partial charge in [-0.25, -0.2) is 10.4 Å². The third kappa shape index (κ3) is 9.46. The average molecular weight is 892 g/mol. The quantitative estimate of drug-likeness (QED) is 0.163. The van der Waals surface area contributed by atoms with Crippen LogP contribution in [0.2, 0.25) is 0 Å². The van der Waals surface area contributed by atoms with Gasteiger partial charge in [0.1, 0.15) is 23.9 Å². The number of fused-ring (bicyclic) bond motifs is 6. The number of cyclic esters (lactones) is 1. The van der Waals surface area contributed by atoms with E-state index in [1.54, 1.807) is 31.5 Å². The summed E-state index contributed by atoms with van der Waals surface area (Å²) in [7, 11) is 5.18. The van der Waals surface area contributed by atoms with Crippen LogP contribution in [0.15, 0.2) is 55.4 Å². The van der Waals surface area contributed by atoms with Gasteiger partial charge < -0.3 is 33.7 Å². The van der Waals surface area contributed by atoms with Gasteiger partial charge in [0, 0.05) is 87.4 Å². The number of methoxy groups -OCH3 is 1. The molecule has 348 valence electrons. The lowest BCUT2D eigenvalue weighted by Gasteiger charge is -2.37. The molecule has 65 heavy (non-hydrogen) atoms. The molecule has 0 aliphatic carbocycles.